The summed E-state index contributed by atoms with van der Waals surface area (Å²) in [5, 5.41) is 1.08. The fraction of sp³-hybridized carbons (Fsp3) is 0.750. The predicted octanol–water partition coefficient (Wildman–Crippen LogP) is 1.55. The summed E-state index contributed by atoms with van der Waals surface area (Å²) in [6.45, 7) is 1.03. The Kier molecular flexibility index (Phi) is 3.76. The fourth-order valence-corrected chi connectivity index (χ4v) is 2.08. The van der Waals surface area contributed by atoms with Gasteiger partial charge in [0, 0.05) is 22.1 Å². The van der Waals surface area contributed by atoms with Crippen LogP contribution < -0.4 is 0 Å². The van der Waals surface area contributed by atoms with E-state index in [1.54, 1.807) is 6.08 Å². The number of likely N-dealkylation sites (tertiary alicyclic amines) is 1. The zero-order chi connectivity index (χ0) is 9.90. The van der Waals surface area contributed by atoms with Gasteiger partial charge in [-0.3, -0.25) is 4.90 Å². The van der Waals surface area contributed by atoms with Gasteiger partial charge in [0.05, 0.1) is 0 Å². The Labute approximate surface area is 83.8 Å². The molecule has 0 aromatic heterocycles. The molecule has 0 bridgehead atoms. The lowest BCUT2D eigenvalue weighted by Gasteiger charge is -2.29. The normalized spacial score (nSPS) is 26.8. The van der Waals surface area contributed by atoms with Gasteiger partial charge in [0.2, 0.25) is 0 Å². The van der Waals surface area contributed by atoms with Crippen molar-refractivity contribution in [2.45, 2.75) is 25.3 Å². The van der Waals surface area contributed by atoms with Gasteiger partial charge >= 0.3 is 0 Å². The molecule has 0 aromatic rings. The van der Waals surface area contributed by atoms with Crippen molar-refractivity contribution in [3.8, 4) is 0 Å². The van der Waals surface area contributed by atoms with Crippen molar-refractivity contribution < 1.29 is 8.42 Å². The Balaban J connectivity index is 2.57. The Bertz CT molecular complexity index is 287. The Hall–Kier alpha value is -0.0600. The van der Waals surface area contributed by atoms with Crippen LogP contribution in [-0.2, 0) is 9.05 Å². The van der Waals surface area contributed by atoms with Crippen molar-refractivity contribution >= 4 is 19.7 Å². The van der Waals surface area contributed by atoms with Gasteiger partial charge in [-0.15, -0.1) is 0 Å². The van der Waals surface area contributed by atoms with Crippen molar-refractivity contribution in [1.82, 2.24) is 4.90 Å². The van der Waals surface area contributed by atoms with E-state index in [1.165, 1.54) is 6.42 Å². The molecule has 0 spiro atoms. The largest absolute Gasteiger partial charge is 0.300 e. The molecule has 1 heterocycles. The van der Waals surface area contributed by atoms with Crippen molar-refractivity contribution in [2.24, 2.45) is 0 Å². The molecule has 1 saturated heterocycles. The summed E-state index contributed by atoms with van der Waals surface area (Å²) >= 11 is 0. The molecule has 1 atom stereocenters. The summed E-state index contributed by atoms with van der Waals surface area (Å²) in [6, 6.07) is 0.224. The van der Waals surface area contributed by atoms with E-state index in [-0.39, 0.29) is 6.04 Å². The van der Waals surface area contributed by atoms with E-state index in [2.05, 4.69) is 4.90 Å². The van der Waals surface area contributed by atoms with Crippen molar-refractivity contribution in [2.75, 3.05) is 13.6 Å². The molecule has 3 nitrogen and oxygen atoms in total. The van der Waals surface area contributed by atoms with E-state index in [0.29, 0.717) is 0 Å². The lowest BCUT2D eigenvalue weighted by atomic mass is 10.0. The first-order chi connectivity index (χ1) is 5.99. The molecule has 0 saturated carbocycles. The quantitative estimate of drug-likeness (QED) is 0.667. The highest BCUT2D eigenvalue weighted by molar-refractivity contribution is 8.16. The molecule has 76 valence electrons. The summed E-state index contributed by atoms with van der Waals surface area (Å²) in [4.78, 5) is 2.14. The van der Waals surface area contributed by atoms with Gasteiger partial charge in [-0.05, 0) is 26.4 Å². The van der Waals surface area contributed by atoms with Crippen LogP contribution in [-0.4, -0.2) is 33.0 Å². The zero-order valence-electron chi connectivity index (χ0n) is 7.61. The maximum atomic E-state index is 10.6. The molecule has 0 radical (unpaired) electrons. The van der Waals surface area contributed by atoms with Crippen LogP contribution in [0.4, 0.5) is 0 Å². The van der Waals surface area contributed by atoms with E-state index in [0.717, 1.165) is 24.8 Å². The van der Waals surface area contributed by atoms with Gasteiger partial charge in [-0.1, -0.05) is 12.5 Å². The fourth-order valence-electron chi connectivity index (χ4n) is 1.53. The molecule has 1 aliphatic heterocycles. The van der Waals surface area contributed by atoms with Crippen molar-refractivity contribution in [1.29, 1.82) is 0 Å². The average molecular weight is 224 g/mol. The van der Waals surface area contributed by atoms with Gasteiger partial charge in [-0.25, -0.2) is 8.42 Å². The maximum absolute atomic E-state index is 10.6. The number of halogens is 1. The maximum Gasteiger partial charge on any atom is 0.254 e. The third-order valence-corrected chi connectivity index (χ3v) is 3.08. The van der Waals surface area contributed by atoms with Gasteiger partial charge < -0.3 is 0 Å². The van der Waals surface area contributed by atoms with E-state index in [9.17, 15) is 8.42 Å². The second kappa shape index (κ2) is 4.44. The number of rotatable bonds is 2. The summed E-state index contributed by atoms with van der Waals surface area (Å²) in [7, 11) is 3.58. The van der Waals surface area contributed by atoms with E-state index < -0.39 is 9.05 Å². The van der Waals surface area contributed by atoms with E-state index in [1.807, 2.05) is 7.05 Å². The molecule has 1 unspecified atom stereocenters. The first-order valence-corrected chi connectivity index (χ1v) is 6.69. The van der Waals surface area contributed by atoms with Crippen LogP contribution >= 0.6 is 10.7 Å². The van der Waals surface area contributed by atoms with Gasteiger partial charge in [0.15, 0.2) is 0 Å². The van der Waals surface area contributed by atoms with E-state index >= 15 is 0 Å². The van der Waals surface area contributed by atoms with Crippen LogP contribution in [0.2, 0.25) is 0 Å². The second-order valence-electron chi connectivity index (χ2n) is 3.35. The molecule has 1 fully saturated rings. The monoisotopic (exact) mass is 223 g/mol. The van der Waals surface area contributed by atoms with Crippen LogP contribution in [0.3, 0.4) is 0 Å². The molecule has 5 heteroatoms. The molecule has 1 aliphatic rings. The van der Waals surface area contributed by atoms with Crippen LogP contribution in [0.25, 0.3) is 0 Å². The van der Waals surface area contributed by atoms with Crippen LogP contribution in [0.5, 0.6) is 0 Å². The smallest absolute Gasteiger partial charge is 0.254 e. The number of nitrogens with zero attached hydrogens (tertiary/aromatic N) is 1. The zero-order valence-corrected chi connectivity index (χ0v) is 9.18. The predicted molar refractivity (Wildman–Crippen MR) is 54.2 cm³/mol. The summed E-state index contributed by atoms with van der Waals surface area (Å²) < 4.78 is 21.3. The van der Waals surface area contributed by atoms with Crippen molar-refractivity contribution in [3.05, 3.63) is 11.5 Å². The summed E-state index contributed by atoms with van der Waals surface area (Å²) in [5.41, 5.74) is 0. The number of piperidine rings is 1. The van der Waals surface area contributed by atoms with Crippen LogP contribution in [0.1, 0.15) is 19.3 Å². The highest BCUT2D eigenvalue weighted by Gasteiger charge is 2.16. The highest BCUT2D eigenvalue weighted by Crippen LogP contribution is 2.16. The molecule has 0 aromatic carbocycles. The molecule has 0 aliphatic carbocycles. The minimum Gasteiger partial charge on any atom is -0.300 e. The first-order valence-electron chi connectivity index (χ1n) is 4.32. The first kappa shape index (κ1) is 11.0. The molecular formula is C8H14ClNO2S. The van der Waals surface area contributed by atoms with Gasteiger partial charge in [-0.2, -0.15) is 0 Å². The molecule has 13 heavy (non-hydrogen) atoms. The van der Waals surface area contributed by atoms with Crippen LogP contribution in [0, 0.1) is 0 Å². The number of hydrogen-bond acceptors (Lipinski definition) is 3. The lowest BCUT2D eigenvalue weighted by molar-refractivity contribution is 0.222. The number of likely N-dealkylation sites (N-methyl/N-ethyl adjacent to an activating group) is 1. The van der Waals surface area contributed by atoms with Crippen LogP contribution in [0.15, 0.2) is 11.5 Å². The Morgan fingerprint density at radius 2 is 2.15 bits per heavy atom. The summed E-state index contributed by atoms with van der Waals surface area (Å²) in [5.74, 6) is 0. The molecule has 1 rings (SSSR count). The van der Waals surface area contributed by atoms with Gasteiger partial charge in [0.1, 0.15) is 0 Å². The number of hydrogen-bond donors (Lipinski definition) is 0. The second-order valence-corrected chi connectivity index (χ2v) is 5.86. The average Bonchev–Trinajstić information content (AvgIpc) is 2.01. The minimum absolute atomic E-state index is 0.224. The van der Waals surface area contributed by atoms with Gasteiger partial charge in [0.25, 0.3) is 9.05 Å². The lowest BCUT2D eigenvalue weighted by Crippen LogP contribution is -2.34. The highest BCUT2D eigenvalue weighted by atomic mass is 35.7. The molecule has 0 amide bonds. The topological polar surface area (TPSA) is 37.4 Å². The SMILES string of the molecule is CN1CCCCC1/C=C\S(=O)(=O)Cl. The van der Waals surface area contributed by atoms with E-state index in [4.69, 9.17) is 10.7 Å². The Morgan fingerprint density at radius 1 is 1.46 bits per heavy atom. The molecular weight excluding hydrogens is 210 g/mol. The third kappa shape index (κ3) is 4.11. The summed E-state index contributed by atoms with van der Waals surface area (Å²) in [6.07, 6.45) is 5.02. The standard InChI is InChI=1S/C8H14ClNO2S/c1-10-6-3-2-4-8(10)5-7-13(9,11)12/h5,7-8H,2-4,6H2,1H3/b7-5-. The molecule has 0 N–H and O–H groups in total. The third-order valence-electron chi connectivity index (χ3n) is 2.29. The Morgan fingerprint density at radius 3 is 2.69 bits per heavy atom. The van der Waals surface area contributed by atoms with Crippen molar-refractivity contribution in [3.63, 3.8) is 0 Å². The minimum atomic E-state index is -3.48.